The summed E-state index contributed by atoms with van der Waals surface area (Å²) in [7, 11) is -4.18. The molecule has 3 aromatic carbocycles. The second-order valence-corrected chi connectivity index (χ2v) is 13.6. The second kappa shape index (κ2) is 13.8. The highest BCUT2D eigenvalue weighted by Crippen LogP contribution is 2.28. The molecule has 3 aromatic rings. The third-order valence-corrected chi connectivity index (χ3v) is 8.85. The Balaban J connectivity index is 2.05. The molecule has 1 atom stereocenters. The summed E-state index contributed by atoms with van der Waals surface area (Å²) < 4.78 is 34.5. The van der Waals surface area contributed by atoms with Crippen molar-refractivity contribution in [2.75, 3.05) is 17.5 Å². The molecule has 0 aliphatic rings. The Hall–Kier alpha value is -3.27. The smallest absolute Gasteiger partial charge is 0.264 e. The maximum Gasteiger partial charge on any atom is 0.264 e. The number of hydrogen-bond acceptors (Lipinski definition) is 5. The maximum absolute atomic E-state index is 14.1. The highest BCUT2D eigenvalue weighted by atomic mass is 35.5. The fraction of sp³-hybridized carbons (Fsp3) is 0.355. The topological polar surface area (TPSA) is 96.0 Å². The van der Waals surface area contributed by atoms with E-state index in [9.17, 15) is 18.0 Å². The van der Waals surface area contributed by atoms with E-state index in [0.29, 0.717) is 28.0 Å². The molecule has 11 heteroatoms. The molecule has 42 heavy (non-hydrogen) atoms. The largest absolute Gasteiger partial charge is 0.494 e. The molecule has 226 valence electrons. The zero-order chi connectivity index (χ0) is 31.2. The van der Waals surface area contributed by atoms with Gasteiger partial charge in [-0.05, 0) is 95.6 Å². The Morgan fingerprint density at radius 2 is 1.57 bits per heavy atom. The van der Waals surface area contributed by atoms with Crippen molar-refractivity contribution in [3.63, 3.8) is 0 Å². The van der Waals surface area contributed by atoms with Gasteiger partial charge in [0.2, 0.25) is 11.8 Å². The van der Waals surface area contributed by atoms with E-state index in [2.05, 4.69) is 5.32 Å². The summed E-state index contributed by atoms with van der Waals surface area (Å²) in [5, 5.41) is 3.55. The number of carbonyl (C=O) groups excluding carboxylic acids is 2. The van der Waals surface area contributed by atoms with E-state index < -0.39 is 34.1 Å². The van der Waals surface area contributed by atoms with Gasteiger partial charge in [0.05, 0.1) is 27.2 Å². The standard InChI is InChI=1S/C31H37Cl2N3O5S/c1-7-41-25-13-11-24(12-14-25)36(42(39,40)26-15-8-21(2)9-16-26)20-29(37)35(22(3)30(38)34-31(4,5)6)19-23-10-17-27(32)28(33)18-23/h8-18,22H,7,19-20H2,1-6H3,(H,34,38)/t22-/m1/s1. The van der Waals surface area contributed by atoms with Crippen LogP contribution in [0.1, 0.15) is 45.7 Å². The average molecular weight is 635 g/mol. The molecule has 2 amide bonds. The van der Waals surface area contributed by atoms with E-state index >= 15 is 0 Å². The van der Waals surface area contributed by atoms with Crippen LogP contribution < -0.4 is 14.4 Å². The van der Waals surface area contributed by atoms with Gasteiger partial charge in [0.25, 0.3) is 10.0 Å². The van der Waals surface area contributed by atoms with Crippen molar-refractivity contribution in [1.29, 1.82) is 0 Å². The van der Waals surface area contributed by atoms with Crippen LogP contribution in [0.25, 0.3) is 0 Å². The molecule has 0 aliphatic heterocycles. The predicted molar refractivity (Wildman–Crippen MR) is 168 cm³/mol. The van der Waals surface area contributed by atoms with Crippen molar-refractivity contribution in [2.24, 2.45) is 0 Å². The molecule has 0 aromatic heterocycles. The molecule has 0 unspecified atom stereocenters. The van der Waals surface area contributed by atoms with Crippen LogP contribution in [0, 0.1) is 6.92 Å². The first kappa shape index (κ1) is 33.2. The molecule has 1 N–H and O–H groups in total. The van der Waals surface area contributed by atoms with Crippen LogP contribution in [0.5, 0.6) is 5.75 Å². The fourth-order valence-electron chi connectivity index (χ4n) is 4.13. The minimum Gasteiger partial charge on any atom is -0.494 e. The Labute approximate surface area is 258 Å². The van der Waals surface area contributed by atoms with Gasteiger partial charge < -0.3 is 15.0 Å². The highest BCUT2D eigenvalue weighted by molar-refractivity contribution is 7.92. The third kappa shape index (κ3) is 8.63. The summed E-state index contributed by atoms with van der Waals surface area (Å²) in [5.41, 5.74) is 1.24. The Kier molecular flexibility index (Phi) is 10.9. The van der Waals surface area contributed by atoms with Gasteiger partial charge in [0.1, 0.15) is 18.3 Å². The molecule has 0 aliphatic carbocycles. The molecule has 8 nitrogen and oxygen atoms in total. The molecule has 3 rings (SSSR count). The fourth-order valence-corrected chi connectivity index (χ4v) is 5.87. The lowest BCUT2D eigenvalue weighted by Crippen LogP contribution is -2.54. The quantitative estimate of drug-likeness (QED) is 0.270. The number of benzene rings is 3. The van der Waals surface area contributed by atoms with Crippen LogP contribution in [0.2, 0.25) is 10.0 Å². The summed E-state index contributed by atoms with van der Waals surface area (Å²) in [6.45, 7) is 10.7. The normalized spacial score (nSPS) is 12.4. The van der Waals surface area contributed by atoms with Crippen LogP contribution in [0.4, 0.5) is 5.69 Å². The van der Waals surface area contributed by atoms with Gasteiger partial charge in [-0.1, -0.05) is 47.0 Å². The number of nitrogens with zero attached hydrogens (tertiary/aromatic N) is 2. The number of amides is 2. The monoisotopic (exact) mass is 633 g/mol. The summed E-state index contributed by atoms with van der Waals surface area (Å²) in [6.07, 6.45) is 0. The van der Waals surface area contributed by atoms with Crippen molar-refractivity contribution in [3.05, 3.63) is 87.9 Å². The van der Waals surface area contributed by atoms with Crippen molar-refractivity contribution in [2.45, 2.75) is 64.6 Å². The van der Waals surface area contributed by atoms with Gasteiger partial charge in [-0.2, -0.15) is 0 Å². The lowest BCUT2D eigenvalue weighted by molar-refractivity contribution is -0.140. The van der Waals surface area contributed by atoms with Gasteiger partial charge in [-0.25, -0.2) is 8.42 Å². The van der Waals surface area contributed by atoms with Crippen LogP contribution in [0.3, 0.4) is 0 Å². The molecule has 0 saturated heterocycles. The molecule has 0 saturated carbocycles. The number of carbonyl (C=O) groups is 2. The predicted octanol–water partition coefficient (Wildman–Crippen LogP) is 6.23. The molecule has 0 heterocycles. The number of aryl methyl sites for hydroxylation is 1. The summed E-state index contributed by atoms with van der Waals surface area (Å²) in [6, 6.07) is 16.9. The van der Waals surface area contributed by atoms with Crippen molar-refractivity contribution >= 4 is 50.7 Å². The minimum absolute atomic E-state index is 0.00382. The van der Waals surface area contributed by atoms with Crippen LogP contribution >= 0.6 is 23.2 Å². The number of sulfonamides is 1. The first-order chi connectivity index (χ1) is 19.6. The van der Waals surface area contributed by atoms with E-state index in [0.717, 1.165) is 9.87 Å². The Morgan fingerprint density at radius 3 is 2.12 bits per heavy atom. The summed E-state index contributed by atoms with van der Waals surface area (Å²) in [5.74, 6) is -0.402. The van der Waals surface area contributed by atoms with E-state index in [1.54, 1.807) is 61.5 Å². The number of ether oxygens (including phenoxy) is 1. The average Bonchev–Trinajstić information content (AvgIpc) is 2.91. The van der Waals surface area contributed by atoms with E-state index in [1.807, 2.05) is 34.6 Å². The van der Waals surface area contributed by atoms with Gasteiger partial charge in [-0.3, -0.25) is 13.9 Å². The second-order valence-electron chi connectivity index (χ2n) is 10.9. The molecule has 0 radical (unpaired) electrons. The van der Waals surface area contributed by atoms with Crippen LogP contribution in [-0.4, -0.2) is 49.9 Å². The van der Waals surface area contributed by atoms with Crippen molar-refractivity contribution in [1.82, 2.24) is 10.2 Å². The molecular weight excluding hydrogens is 597 g/mol. The van der Waals surface area contributed by atoms with E-state index in [4.69, 9.17) is 27.9 Å². The lowest BCUT2D eigenvalue weighted by Gasteiger charge is -2.33. The first-order valence-electron chi connectivity index (χ1n) is 13.5. The highest BCUT2D eigenvalue weighted by Gasteiger charge is 2.33. The van der Waals surface area contributed by atoms with Gasteiger partial charge in [-0.15, -0.1) is 0 Å². The van der Waals surface area contributed by atoms with Gasteiger partial charge >= 0.3 is 0 Å². The molecule has 0 bridgehead atoms. The van der Waals surface area contributed by atoms with Crippen LogP contribution in [0.15, 0.2) is 71.6 Å². The molecule has 0 fully saturated rings. The number of hydrogen-bond donors (Lipinski definition) is 1. The molecule has 0 spiro atoms. The zero-order valence-electron chi connectivity index (χ0n) is 24.6. The summed E-state index contributed by atoms with van der Waals surface area (Å²) in [4.78, 5) is 28.6. The van der Waals surface area contributed by atoms with E-state index in [1.165, 1.54) is 17.0 Å². The number of halogens is 2. The summed E-state index contributed by atoms with van der Waals surface area (Å²) >= 11 is 12.3. The van der Waals surface area contributed by atoms with Crippen LogP contribution in [-0.2, 0) is 26.2 Å². The Morgan fingerprint density at radius 1 is 0.952 bits per heavy atom. The molecular formula is C31H37Cl2N3O5S. The lowest BCUT2D eigenvalue weighted by atomic mass is 10.1. The van der Waals surface area contributed by atoms with Gasteiger partial charge in [0, 0.05) is 12.1 Å². The maximum atomic E-state index is 14.1. The number of anilines is 1. The third-order valence-electron chi connectivity index (χ3n) is 6.33. The van der Waals surface area contributed by atoms with Gasteiger partial charge in [0.15, 0.2) is 0 Å². The zero-order valence-corrected chi connectivity index (χ0v) is 27.0. The number of rotatable bonds is 11. The number of nitrogens with one attached hydrogen (secondary N) is 1. The minimum atomic E-state index is -4.18. The first-order valence-corrected chi connectivity index (χ1v) is 15.7. The van der Waals surface area contributed by atoms with E-state index in [-0.39, 0.29) is 23.0 Å². The SMILES string of the molecule is CCOc1ccc(N(CC(=O)N(Cc2ccc(Cl)c(Cl)c2)[C@H](C)C(=O)NC(C)(C)C)S(=O)(=O)c2ccc(C)cc2)cc1. The van der Waals surface area contributed by atoms with Crippen molar-refractivity contribution < 1.29 is 22.7 Å². The Bertz CT molecular complexity index is 1510. The van der Waals surface area contributed by atoms with Crippen molar-refractivity contribution in [3.8, 4) is 5.75 Å².